The summed E-state index contributed by atoms with van der Waals surface area (Å²) in [6, 6.07) is 5.49. The topological polar surface area (TPSA) is 35.5 Å². The predicted octanol–water partition coefficient (Wildman–Crippen LogP) is 3.60. The fourth-order valence-electron chi connectivity index (χ4n) is 2.70. The van der Waals surface area contributed by atoms with Gasteiger partial charge in [0.15, 0.2) is 0 Å². The standard InChI is InChI=1S/C16H25NO2S/c1-12-13(8-6-10-15(12)19-5)14-9-7-11-17(14)20(18)16(2,3)4/h6,8,10,14H,7,9,11H2,1-5H3/t14-,20?/m0/s1/i5D3. The van der Waals surface area contributed by atoms with Crippen molar-refractivity contribution in [3.63, 3.8) is 0 Å². The largest absolute Gasteiger partial charge is 0.597 e. The minimum absolute atomic E-state index is 0.0372. The second-order valence-electron chi connectivity index (χ2n) is 6.23. The molecule has 1 aliphatic rings. The van der Waals surface area contributed by atoms with Gasteiger partial charge in [-0.2, -0.15) is 0 Å². The van der Waals surface area contributed by atoms with Crippen molar-refractivity contribution in [2.24, 2.45) is 0 Å². The highest BCUT2D eigenvalue weighted by molar-refractivity contribution is 7.90. The normalized spacial score (nSPS) is 24.9. The number of nitrogens with zero attached hydrogens (tertiary/aromatic N) is 1. The molecule has 0 bridgehead atoms. The lowest BCUT2D eigenvalue weighted by Gasteiger charge is -2.34. The van der Waals surface area contributed by atoms with Gasteiger partial charge in [0.05, 0.1) is 17.2 Å². The van der Waals surface area contributed by atoms with Gasteiger partial charge in [-0.15, -0.1) is 4.31 Å². The molecule has 0 saturated carbocycles. The van der Waals surface area contributed by atoms with Gasteiger partial charge < -0.3 is 9.29 Å². The maximum absolute atomic E-state index is 12.8. The Hall–Kier alpha value is -0.710. The van der Waals surface area contributed by atoms with Crippen molar-refractivity contribution in [1.82, 2.24) is 4.31 Å². The van der Waals surface area contributed by atoms with Crippen LogP contribution in [0.1, 0.15) is 54.9 Å². The molecular weight excluding hydrogens is 270 g/mol. The number of hydrogen-bond donors (Lipinski definition) is 0. The third-order valence-corrected chi connectivity index (χ3v) is 5.65. The van der Waals surface area contributed by atoms with Crippen molar-refractivity contribution in [1.29, 1.82) is 0 Å². The van der Waals surface area contributed by atoms with Crippen LogP contribution in [0.25, 0.3) is 0 Å². The monoisotopic (exact) mass is 298 g/mol. The molecule has 0 radical (unpaired) electrons. The van der Waals surface area contributed by atoms with Crippen molar-refractivity contribution in [3.05, 3.63) is 29.3 Å². The predicted molar refractivity (Wildman–Crippen MR) is 84.3 cm³/mol. The van der Waals surface area contributed by atoms with Crippen LogP contribution in [0, 0.1) is 6.92 Å². The molecule has 1 heterocycles. The van der Waals surface area contributed by atoms with Crippen LogP contribution in [0.15, 0.2) is 18.2 Å². The average molecular weight is 298 g/mol. The summed E-state index contributed by atoms with van der Waals surface area (Å²) in [6.45, 7) is 8.57. The summed E-state index contributed by atoms with van der Waals surface area (Å²) in [5.41, 5.74) is 1.81. The molecule has 0 aliphatic carbocycles. The molecule has 2 rings (SSSR count). The first kappa shape index (κ1) is 11.9. The van der Waals surface area contributed by atoms with E-state index in [1.807, 2.05) is 38.1 Å². The summed E-state index contributed by atoms with van der Waals surface area (Å²) < 4.78 is 41.5. The third kappa shape index (κ3) is 2.97. The summed E-state index contributed by atoms with van der Waals surface area (Å²) in [7, 11) is -2.47. The molecule has 1 aromatic carbocycles. The minimum atomic E-state index is -2.47. The molecule has 20 heavy (non-hydrogen) atoms. The SMILES string of the molecule is [2H]C([2H])([2H])Oc1cccc([C@@H]2CCCN2[S+]([O-])C(C)(C)C)c1C. The van der Waals surface area contributed by atoms with Crippen LogP contribution in [0.3, 0.4) is 0 Å². The molecule has 0 amide bonds. The summed E-state index contributed by atoms with van der Waals surface area (Å²) in [5, 5.41) is 0. The summed E-state index contributed by atoms with van der Waals surface area (Å²) in [5.74, 6) is 0.371. The number of methoxy groups -OCH3 is 1. The van der Waals surface area contributed by atoms with Gasteiger partial charge >= 0.3 is 0 Å². The van der Waals surface area contributed by atoms with Gasteiger partial charge in [0.1, 0.15) is 10.5 Å². The fraction of sp³-hybridized carbons (Fsp3) is 0.625. The zero-order valence-electron chi connectivity index (χ0n) is 15.6. The minimum Gasteiger partial charge on any atom is -0.597 e. The molecule has 4 heteroatoms. The molecule has 1 fully saturated rings. The highest BCUT2D eigenvalue weighted by atomic mass is 32.2. The van der Waals surface area contributed by atoms with Crippen LogP contribution in [-0.4, -0.2) is 27.2 Å². The molecular formula is C16H25NO2S. The number of hydrogen-bond acceptors (Lipinski definition) is 3. The van der Waals surface area contributed by atoms with Crippen LogP contribution in [0.2, 0.25) is 0 Å². The zero-order chi connectivity index (χ0) is 17.4. The van der Waals surface area contributed by atoms with E-state index in [4.69, 9.17) is 8.85 Å². The lowest BCUT2D eigenvalue weighted by Crippen LogP contribution is -2.42. The lowest BCUT2D eigenvalue weighted by atomic mass is 9.99. The Morgan fingerprint density at radius 1 is 1.45 bits per heavy atom. The van der Waals surface area contributed by atoms with Gasteiger partial charge in [0.2, 0.25) is 0 Å². The number of benzene rings is 1. The van der Waals surface area contributed by atoms with E-state index in [1.54, 1.807) is 12.1 Å². The Balaban J connectivity index is 2.32. The first-order valence-electron chi connectivity index (χ1n) is 8.48. The van der Waals surface area contributed by atoms with E-state index in [2.05, 4.69) is 0 Å². The molecule has 0 spiro atoms. The van der Waals surface area contributed by atoms with Gasteiger partial charge in [0.25, 0.3) is 0 Å². The molecule has 0 aromatic heterocycles. The highest BCUT2D eigenvalue weighted by Gasteiger charge is 2.41. The van der Waals surface area contributed by atoms with Gasteiger partial charge in [-0.25, -0.2) is 0 Å². The second kappa shape index (κ2) is 5.96. The fourth-order valence-corrected chi connectivity index (χ4v) is 4.15. The van der Waals surface area contributed by atoms with Gasteiger partial charge in [-0.05, 0) is 57.7 Å². The van der Waals surface area contributed by atoms with E-state index < -0.39 is 18.4 Å². The van der Waals surface area contributed by atoms with Crippen molar-refractivity contribution < 1.29 is 13.4 Å². The lowest BCUT2D eigenvalue weighted by molar-refractivity contribution is 0.375. The van der Waals surface area contributed by atoms with Crippen molar-refractivity contribution in [3.8, 4) is 5.75 Å². The Kier molecular flexibility index (Phi) is 3.54. The third-order valence-electron chi connectivity index (χ3n) is 3.74. The first-order valence-corrected chi connectivity index (χ1v) is 8.08. The number of rotatable bonds is 3. The maximum atomic E-state index is 12.8. The second-order valence-corrected chi connectivity index (χ2v) is 8.42. The molecule has 1 aliphatic heterocycles. The van der Waals surface area contributed by atoms with Crippen LogP contribution in [-0.2, 0) is 11.4 Å². The smallest absolute Gasteiger partial charge is 0.137 e. The summed E-state index contributed by atoms with van der Waals surface area (Å²) in [6.07, 6.45) is 1.90. The Bertz CT molecular complexity index is 557. The van der Waals surface area contributed by atoms with E-state index in [0.717, 1.165) is 30.5 Å². The highest BCUT2D eigenvalue weighted by Crippen LogP contribution is 2.40. The Morgan fingerprint density at radius 2 is 2.20 bits per heavy atom. The van der Waals surface area contributed by atoms with Crippen molar-refractivity contribution in [2.45, 2.75) is 51.3 Å². The Morgan fingerprint density at radius 3 is 2.85 bits per heavy atom. The summed E-state index contributed by atoms with van der Waals surface area (Å²) in [4.78, 5) is 0. The first-order chi connectivity index (χ1) is 10.5. The molecule has 1 aromatic rings. The van der Waals surface area contributed by atoms with Gasteiger partial charge in [-0.1, -0.05) is 12.1 Å². The quantitative estimate of drug-likeness (QED) is 0.800. The molecule has 1 saturated heterocycles. The van der Waals surface area contributed by atoms with Gasteiger partial charge in [0, 0.05) is 17.9 Å². The average Bonchev–Trinajstić information content (AvgIpc) is 2.86. The maximum Gasteiger partial charge on any atom is 0.137 e. The molecule has 0 N–H and O–H groups in total. The van der Waals surface area contributed by atoms with Crippen LogP contribution in [0.5, 0.6) is 5.75 Å². The summed E-state index contributed by atoms with van der Waals surface area (Å²) >= 11 is -1.10. The van der Waals surface area contributed by atoms with Crippen LogP contribution < -0.4 is 4.74 Å². The van der Waals surface area contributed by atoms with E-state index in [9.17, 15) is 4.55 Å². The van der Waals surface area contributed by atoms with Gasteiger partial charge in [-0.3, -0.25) is 0 Å². The molecule has 2 atom stereocenters. The Labute approximate surface area is 129 Å². The van der Waals surface area contributed by atoms with Crippen molar-refractivity contribution >= 4 is 11.4 Å². The number of ether oxygens (including phenoxy) is 1. The van der Waals surface area contributed by atoms with E-state index >= 15 is 0 Å². The van der Waals surface area contributed by atoms with Crippen LogP contribution in [0.4, 0.5) is 0 Å². The molecule has 1 unspecified atom stereocenters. The van der Waals surface area contributed by atoms with E-state index in [1.165, 1.54) is 0 Å². The molecule has 112 valence electrons. The molecule has 3 nitrogen and oxygen atoms in total. The van der Waals surface area contributed by atoms with E-state index in [-0.39, 0.29) is 10.8 Å². The van der Waals surface area contributed by atoms with Crippen LogP contribution >= 0.6 is 0 Å². The van der Waals surface area contributed by atoms with Crippen molar-refractivity contribution in [2.75, 3.05) is 13.6 Å². The zero-order valence-corrected chi connectivity index (χ0v) is 13.4. The van der Waals surface area contributed by atoms with E-state index in [0.29, 0.717) is 5.75 Å².